The lowest BCUT2D eigenvalue weighted by molar-refractivity contribution is -0.136. The summed E-state index contributed by atoms with van der Waals surface area (Å²) in [6, 6.07) is 14.7. The van der Waals surface area contributed by atoms with Crippen LogP contribution in [-0.4, -0.2) is 60.4 Å². The number of fused-ring (bicyclic) bond motifs is 2. The lowest BCUT2D eigenvalue weighted by Crippen LogP contribution is -2.42. The van der Waals surface area contributed by atoms with Crippen molar-refractivity contribution in [1.82, 2.24) is 9.80 Å². The molecule has 5 rings (SSSR count). The highest BCUT2D eigenvalue weighted by Gasteiger charge is 2.39. The third kappa shape index (κ3) is 3.08. The van der Waals surface area contributed by atoms with Crippen molar-refractivity contribution in [3.63, 3.8) is 0 Å². The van der Waals surface area contributed by atoms with E-state index in [-0.39, 0.29) is 17.7 Å². The van der Waals surface area contributed by atoms with Crippen molar-refractivity contribution < 1.29 is 9.59 Å². The Balaban J connectivity index is 1.35. The standard InChI is InChI=1S/C23H27N3O2/c27-22-14-18(23(28)25-13-5-12-24-11-4-8-19(24)16-25)15-26(22)21-10-3-7-17-6-1-2-9-20(17)21/h1-3,6-7,9-10,18-19H,4-5,8,11-16H2/t18-,19-/m0/s1. The SMILES string of the molecule is O=C([C@H]1CC(=O)N(c2cccc3ccccc23)C1)N1CCCN2CCC[C@H]2C1. The van der Waals surface area contributed by atoms with E-state index in [0.717, 1.165) is 42.5 Å². The maximum Gasteiger partial charge on any atom is 0.228 e. The molecule has 0 bridgehead atoms. The van der Waals surface area contributed by atoms with E-state index >= 15 is 0 Å². The van der Waals surface area contributed by atoms with Gasteiger partial charge in [0.05, 0.1) is 11.6 Å². The molecule has 0 saturated carbocycles. The molecule has 28 heavy (non-hydrogen) atoms. The number of anilines is 1. The lowest BCUT2D eigenvalue weighted by atomic mass is 10.1. The predicted molar refractivity (Wildman–Crippen MR) is 110 cm³/mol. The van der Waals surface area contributed by atoms with Crippen molar-refractivity contribution in [3.05, 3.63) is 42.5 Å². The first kappa shape index (κ1) is 17.7. The fourth-order valence-electron chi connectivity index (χ4n) is 5.21. The molecule has 3 fully saturated rings. The zero-order valence-corrected chi connectivity index (χ0v) is 16.2. The van der Waals surface area contributed by atoms with E-state index in [0.29, 0.717) is 19.0 Å². The monoisotopic (exact) mass is 377 g/mol. The van der Waals surface area contributed by atoms with Gasteiger partial charge in [-0.15, -0.1) is 0 Å². The maximum atomic E-state index is 13.3. The van der Waals surface area contributed by atoms with Crippen LogP contribution in [0.4, 0.5) is 5.69 Å². The van der Waals surface area contributed by atoms with Gasteiger partial charge >= 0.3 is 0 Å². The molecule has 5 nitrogen and oxygen atoms in total. The zero-order chi connectivity index (χ0) is 19.1. The van der Waals surface area contributed by atoms with Gasteiger partial charge in [0.25, 0.3) is 0 Å². The van der Waals surface area contributed by atoms with E-state index < -0.39 is 0 Å². The van der Waals surface area contributed by atoms with Crippen LogP contribution in [0.2, 0.25) is 0 Å². The Bertz CT molecular complexity index is 906. The molecule has 2 atom stereocenters. The van der Waals surface area contributed by atoms with E-state index in [1.165, 1.54) is 19.4 Å². The van der Waals surface area contributed by atoms with Crippen molar-refractivity contribution in [2.45, 2.75) is 31.7 Å². The molecular weight excluding hydrogens is 350 g/mol. The van der Waals surface area contributed by atoms with Gasteiger partial charge in [0.15, 0.2) is 0 Å². The minimum Gasteiger partial charge on any atom is -0.341 e. The molecule has 5 heteroatoms. The van der Waals surface area contributed by atoms with E-state index in [1.807, 2.05) is 34.1 Å². The smallest absolute Gasteiger partial charge is 0.228 e. The molecule has 0 aliphatic carbocycles. The van der Waals surface area contributed by atoms with Gasteiger partial charge in [-0.3, -0.25) is 14.5 Å². The van der Waals surface area contributed by atoms with Gasteiger partial charge in [0.2, 0.25) is 11.8 Å². The summed E-state index contributed by atoms with van der Waals surface area (Å²) in [5.74, 6) is 0.0104. The number of nitrogens with zero attached hydrogens (tertiary/aromatic N) is 3. The Labute approximate surface area is 165 Å². The van der Waals surface area contributed by atoms with Gasteiger partial charge in [0, 0.05) is 44.0 Å². The van der Waals surface area contributed by atoms with Gasteiger partial charge in [-0.25, -0.2) is 0 Å². The Kier molecular flexibility index (Phi) is 4.55. The summed E-state index contributed by atoms with van der Waals surface area (Å²) < 4.78 is 0. The molecule has 0 radical (unpaired) electrons. The van der Waals surface area contributed by atoms with E-state index in [2.05, 4.69) is 23.1 Å². The molecule has 0 spiro atoms. The molecule has 2 aromatic carbocycles. The minimum absolute atomic E-state index is 0.0621. The first-order valence-corrected chi connectivity index (χ1v) is 10.5. The fourth-order valence-corrected chi connectivity index (χ4v) is 5.21. The third-order valence-corrected chi connectivity index (χ3v) is 6.65. The van der Waals surface area contributed by atoms with Crippen molar-refractivity contribution in [2.24, 2.45) is 5.92 Å². The lowest BCUT2D eigenvalue weighted by Gasteiger charge is -2.27. The second-order valence-electron chi connectivity index (χ2n) is 8.37. The summed E-state index contributed by atoms with van der Waals surface area (Å²) in [6.07, 6.45) is 3.79. The van der Waals surface area contributed by atoms with Crippen LogP contribution in [0.1, 0.15) is 25.7 Å². The molecule has 3 aliphatic heterocycles. The number of rotatable bonds is 2. The number of hydrogen-bond donors (Lipinski definition) is 0. The summed E-state index contributed by atoms with van der Waals surface area (Å²) >= 11 is 0. The number of benzene rings is 2. The molecule has 2 amide bonds. The van der Waals surface area contributed by atoms with Crippen LogP contribution < -0.4 is 4.90 Å². The quantitative estimate of drug-likeness (QED) is 0.808. The fraction of sp³-hybridized carbons (Fsp3) is 0.478. The molecule has 0 N–H and O–H groups in total. The Morgan fingerprint density at radius 1 is 0.929 bits per heavy atom. The molecule has 3 heterocycles. The van der Waals surface area contributed by atoms with Gasteiger partial charge < -0.3 is 9.80 Å². The van der Waals surface area contributed by atoms with Crippen LogP contribution in [0, 0.1) is 5.92 Å². The number of hydrogen-bond acceptors (Lipinski definition) is 3. The normalized spacial score (nSPS) is 25.9. The summed E-state index contributed by atoms with van der Waals surface area (Å²) in [5.41, 5.74) is 0.927. The summed E-state index contributed by atoms with van der Waals surface area (Å²) in [7, 11) is 0. The van der Waals surface area contributed by atoms with Crippen LogP contribution in [0.3, 0.4) is 0 Å². The number of amides is 2. The zero-order valence-electron chi connectivity index (χ0n) is 16.2. The molecule has 3 saturated heterocycles. The minimum atomic E-state index is -0.223. The largest absolute Gasteiger partial charge is 0.341 e. The van der Waals surface area contributed by atoms with Crippen molar-refractivity contribution in [2.75, 3.05) is 37.6 Å². The molecular formula is C23H27N3O2. The first-order valence-electron chi connectivity index (χ1n) is 10.5. The van der Waals surface area contributed by atoms with Crippen LogP contribution in [-0.2, 0) is 9.59 Å². The van der Waals surface area contributed by atoms with Gasteiger partial charge in [-0.2, -0.15) is 0 Å². The van der Waals surface area contributed by atoms with Crippen molar-refractivity contribution in [1.29, 1.82) is 0 Å². The van der Waals surface area contributed by atoms with Crippen LogP contribution in [0.5, 0.6) is 0 Å². The summed E-state index contributed by atoms with van der Waals surface area (Å²) in [4.78, 5) is 32.5. The second kappa shape index (κ2) is 7.21. The van der Waals surface area contributed by atoms with Gasteiger partial charge in [-0.05, 0) is 37.3 Å². The third-order valence-electron chi connectivity index (χ3n) is 6.65. The van der Waals surface area contributed by atoms with E-state index in [9.17, 15) is 9.59 Å². The summed E-state index contributed by atoms with van der Waals surface area (Å²) in [5, 5.41) is 2.19. The molecule has 146 valence electrons. The summed E-state index contributed by atoms with van der Waals surface area (Å²) in [6.45, 7) is 4.42. The van der Waals surface area contributed by atoms with Crippen molar-refractivity contribution >= 4 is 28.3 Å². The average molecular weight is 377 g/mol. The van der Waals surface area contributed by atoms with Crippen LogP contribution in [0.15, 0.2) is 42.5 Å². The van der Waals surface area contributed by atoms with E-state index in [4.69, 9.17) is 0 Å². The number of carbonyl (C=O) groups is 2. The maximum absolute atomic E-state index is 13.3. The Morgan fingerprint density at radius 3 is 2.68 bits per heavy atom. The van der Waals surface area contributed by atoms with Gasteiger partial charge in [0.1, 0.15) is 0 Å². The molecule has 2 aromatic rings. The highest BCUT2D eigenvalue weighted by molar-refractivity contribution is 6.07. The van der Waals surface area contributed by atoms with Crippen molar-refractivity contribution in [3.8, 4) is 0 Å². The molecule has 0 unspecified atom stereocenters. The molecule has 3 aliphatic rings. The van der Waals surface area contributed by atoms with Crippen LogP contribution >= 0.6 is 0 Å². The first-order chi connectivity index (χ1) is 13.7. The highest BCUT2D eigenvalue weighted by atomic mass is 16.2. The topological polar surface area (TPSA) is 43.9 Å². The highest BCUT2D eigenvalue weighted by Crippen LogP contribution is 2.33. The average Bonchev–Trinajstić information content (AvgIpc) is 3.27. The van der Waals surface area contributed by atoms with Crippen LogP contribution in [0.25, 0.3) is 10.8 Å². The Hall–Kier alpha value is -2.40. The molecule has 0 aromatic heterocycles. The predicted octanol–water partition coefficient (Wildman–Crippen LogP) is 2.89. The Morgan fingerprint density at radius 2 is 1.75 bits per heavy atom. The second-order valence-corrected chi connectivity index (χ2v) is 8.37. The van der Waals surface area contributed by atoms with Gasteiger partial charge in [-0.1, -0.05) is 36.4 Å². The number of carbonyl (C=O) groups excluding carboxylic acids is 2. The van der Waals surface area contributed by atoms with E-state index in [1.54, 1.807) is 0 Å².